The van der Waals surface area contributed by atoms with E-state index in [-0.39, 0.29) is 0 Å². The predicted molar refractivity (Wildman–Crippen MR) is 82.9 cm³/mol. The number of nitrogens with zero attached hydrogens (tertiary/aromatic N) is 2. The van der Waals surface area contributed by atoms with Crippen LogP contribution in [0.1, 0.15) is 39.0 Å². The number of rotatable bonds is 3. The number of hydrogen-bond acceptors (Lipinski definition) is 4. The van der Waals surface area contributed by atoms with Crippen LogP contribution in [-0.4, -0.2) is 18.1 Å². The van der Waals surface area contributed by atoms with Crippen molar-refractivity contribution in [3.05, 3.63) is 18.2 Å². The molecule has 3 rings (SSSR count). The quantitative estimate of drug-likeness (QED) is 0.864. The molecule has 2 N–H and O–H groups in total. The zero-order valence-electron chi connectivity index (χ0n) is 12.1. The molecular weight excluding hydrogens is 250 g/mol. The van der Waals surface area contributed by atoms with Crippen LogP contribution in [0.3, 0.4) is 0 Å². The van der Waals surface area contributed by atoms with Crippen LogP contribution in [-0.2, 0) is 0 Å². The number of nitrogens with two attached hydrogens (primary N) is 1. The molecule has 1 aliphatic heterocycles. The molecule has 0 spiro atoms. The second-order valence-corrected chi connectivity index (χ2v) is 5.80. The molecule has 1 unspecified atom stereocenters. The molecule has 0 aliphatic carbocycles. The van der Waals surface area contributed by atoms with Crippen molar-refractivity contribution in [1.82, 2.24) is 4.98 Å². The van der Waals surface area contributed by atoms with Crippen LogP contribution < -0.4 is 10.6 Å². The molecule has 108 valence electrons. The summed E-state index contributed by atoms with van der Waals surface area (Å²) in [6.45, 7) is 4.36. The van der Waals surface area contributed by atoms with Gasteiger partial charge in [-0.1, -0.05) is 19.8 Å². The number of aromatic nitrogens is 1. The topological polar surface area (TPSA) is 55.3 Å². The van der Waals surface area contributed by atoms with Crippen LogP contribution in [0.4, 0.5) is 11.7 Å². The Morgan fingerprint density at radius 3 is 3.10 bits per heavy atom. The Bertz CT molecular complexity index is 578. The van der Waals surface area contributed by atoms with E-state index < -0.39 is 0 Å². The van der Waals surface area contributed by atoms with Gasteiger partial charge in [0.1, 0.15) is 5.52 Å². The third kappa shape index (κ3) is 2.74. The van der Waals surface area contributed by atoms with E-state index in [1.54, 1.807) is 0 Å². The Labute approximate surface area is 120 Å². The van der Waals surface area contributed by atoms with Gasteiger partial charge in [0.15, 0.2) is 5.58 Å². The van der Waals surface area contributed by atoms with E-state index in [4.69, 9.17) is 10.2 Å². The first-order chi connectivity index (χ1) is 9.76. The van der Waals surface area contributed by atoms with Gasteiger partial charge in [0.2, 0.25) is 0 Å². The third-order valence-electron chi connectivity index (χ3n) is 4.22. The van der Waals surface area contributed by atoms with Crippen molar-refractivity contribution >= 4 is 22.8 Å². The van der Waals surface area contributed by atoms with Gasteiger partial charge in [0.05, 0.1) is 0 Å². The highest BCUT2D eigenvalue weighted by Crippen LogP contribution is 2.28. The Hall–Kier alpha value is -1.71. The average Bonchev–Trinajstić information content (AvgIpc) is 2.70. The molecule has 0 bridgehead atoms. The Morgan fingerprint density at radius 1 is 1.35 bits per heavy atom. The maximum absolute atomic E-state index is 5.87. The molecule has 2 heterocycles. The third-order valence-corrected chi connectivity index (χ3v) is 4.22. The highest BCUT2D eigenvalue weighted by Gasteiger charge is 2.20. The van der Waals surface area contributed by atoms with E-state index in [1.165, 1.54) is 32.1 Å². The van der Waals surface area contributed by atoms with Gasteiger partial charge < -0.3 is 15.1 Å². The van der Waals surface area contributed by atoms with E-state index in [0.717, 1.165) is 41.8 Å². The first-order valence-corrected chi connectivity index (χ1v) is 7.67. The van der Waals surface area contributed by atoms with Crippen LogP contribution in [0.15, 0.2) is 22.6 Å². The van der Waals surface area contributed by atoms with Crippen molar-refractivity contribution in [2.45, 2.75) is 39.0 Å². The van der Waals surface area contributed by atoms with E-state index in [9.17, 15) is 0 Å². The molecule has 1 fully saturated rings. The minimum Gasteiger partial charge on any atom is -0.423 e. The number of oxazole rings is 1. The SMILES string of the molecule is CCCC1CCCN(c2nc3cc(N)ccc3o2)CC1. The van der Waals surface area contributed by atoms with Crippen molar-refractivity contribution < 1.29 is 4.42 Å². The lowest BCUT2D eigenvalue weighted by Gasteiger charge is -2.17. The normalized spacial score (nSPS) is 20.2. The largest absolute Gasteiger partial charge is 0.423 e. The Balaban J connectivity index is 1.77. The number of benzene rings is 1. The van der Waals surface area contributed by atoms with E-state index in [0.29, 0.717) is 0 Å². The molecule has 20 heavy (non-hydrogen) atoms. The van der Waals surface area contributed by atoms with Crippen LogP contribution >= 0.6 is 0 Å². The minimum absolute atomic E-state index is 0.733. The molecular formula is C16H23N3O. The smallest absolute Gasteiger partial charge is 0.298 e. The summed E-state index contributed by atoms with van der Waals surface area (Å²) in [4.78, 5) is 6.87. The van der Waals surface area contributed by atoms with Crippen LogP contribution in [0.5, 0.6) is 0 Å². The maximum atomic E-state index is 5.87. The van der Waals surface area contributed by atoms with E-state index in [1.807, 2.05) is 18.2 Å². The molecule has 0 saturated carbocycles. The molecule has 1 aromatic heterocycles. The number of nitrogen functional groups attached to an aromatic ring is 1. The molecule has 1 atom stereocenters. The molecule has 4 nitrogen and oxygen atoms in total. The summed E-state index contributed by atoms with van der Waals surface area (Å²) in [7, 11) is 0. The monoisotopic (exact) mass is 273 g/mol. The van der Waals surface area contributed by atoms with Gasteiger partial charge in [0.25, 0.3) is 6.01 Å². The van der Waals surface area contributed by atoms with Gasteiger partial charge in [-0.05, 0) is 43.4 Å². The highest BCUT2D eigenvalue weighted by atomic mass is 16.4. The molecule has 0 radical (unpaired) electrons. The average molecular weight is 273 g/mol. The fraction of sp³-hybridized carbons (Fsp3) is 0.562. The highest BCUT2D eigenvalue weighted by molar-refractivity contribution is 5.78. The second-order valence-electron chi connectivity index (χ2n) is 5.80. The van der Waals surface area contributed by atoms with Crippen LogP contribution in [0.25, 0.3) is 11.1 Å². The lowest BCUT2D eigenvalue weighted by molar-refractivity contribution is 0.434. The standard InChI is InChI=1S/C16H23N3O/c1-2-4-12-5-3-9-19(10-8-12)16-18-14-11-13(17)6-7-15(14)20-16/h6-7,11-12H,2-5,8-10,17H2,1H3. The number of anilines is 2. The van der Waals surface area contributed by atoms with Crippen LogP contribution in [0, 0.1) is 5.92 Å². The summed E-state index contributed by atoms with van der Waals surface area (Å²) in [5.74, 6) is 0.866. The molecule has 1 saturated heterocycles. The molecule has 1 aromatic carbocycles. The Morgan fingerprint density at radius 2 is 2.25 bits per heavy atom. The van der Waals surface area contributed by atoms with Crippen molar-refractivity contribution in [2.75, 3.05) is 23.7 Å². The van der Waals surface area contributed by atoms with E-state index in [2.05, 4.69) is 16.8 Å². The zero-order chi connectivity index (χ0) is 13.9. The van der Waals surface area contributed by atoms with Crippen molar-refractivity contribution in [2.24, 2.45) is 5.92 Å². The van der Waals surface area contributed by atoms with Gasteiger partial charge in [-0.3, -0.25) is 0 Å². The molecule has 1 aliphatic rings. The fourth-order valence-electron chi connectivity index (χ4n) is 3.12. The van der Waals surface area contributed by atoms with Gasteiger partial charge in [-0.15, -0.1) is 0 Å². The van der Waals surface area contributed by atoms with Gasteiger partial charge in [-0.2, -0.15) is 4.98 Å². The molecule has 0 amide bonds. The van der Waals surface area contributed by atoms with E-state index >= 15 is 0 Å². The first kappa shape index (κ1) is 13.3. The van der Waals surface area contributed by atoms with Gasteiger partial charge in [-0.25, -0.2) is 0 Å². The lowest BCUT2D eigenvalue weighted by Crippen LogP contribution is -2.24. The summed E-state index contributed by atoms with van der Waals surface area (Å²) in [5.41, 5.74) is 8.20. The van der Waals surface area contributed by atoms with Gasteiger partial charge in [0, 0.05) is 18.8 Å². The number of fused-ring (bicyclic) bond motifs is 1. The predicted octanol–water partition coefficient (Wildman–Crippen LogP) is 3.82. The maximum Gasteiger partial charge on any atom is 0.298 e. The van der Waals surface area contributed by atoms with Crippen molar-refractivity contribution in [1.29, 1.82) is 0 Å². The molecule has 4 heteroatoms. The summed E-state index contributed by atoms with van der Waals surface area (Å²) in [6.07, 6.45) is 6.43. The summed E-state index contributed by atoms with van der Waals surface area (Å²) in [6, 6.07) is 6.39. The number of hydrogen-bond donors (Lipinski definition) is 1. The van der Waals surface area contributed by atoms with Gasteiger partial charge >= 0.3 is 0 Å². The summed E-state index contributed by atoms with van der Waals surface area (Å²) in [5, 5.41) is 0. The lowest BCUT2D eigenvalue weighted by atomic mass is 9.96. The summed E-state index contributed by atoms with van der Waals surface area (Å²) < 4.78 is 5.87. The first-order valence-electron chi connectivity index (χ1n) is 7.67. The van der Waals surface area contributed by atoms with Crippen molar-refractivity contribution in [3.63, 3.8) is 0 Å². The zero-order valence-corrected chi connectivity index (χ0v) is 12.1. The van der Waals surface area contributed by atoms with Crippen LogP contribution in [0.2, 0.25) is 0 Å². The summed E-state index contributed by atoms with van der Waals surface area (Å²) >= 11 is 0. The minimum atomic E-state index is 0.733. The van der Waals surface area contributed by atoms with Crippen molar-refractivity contribution in [3.8, 4) is 0 Å². The fourth-order valence-corrected chi connectivity index (χ4v) is 3.12. The Kier molecular flexibility index (Phi) is 3.81. The second kappa shape index (κ2) is 5.73. The molecule has 2 aromatic rings.